The maximum atomic E-state index is 14.2. The van der Waals surface area contributed by atoms with Crippen molar-refractivity contribution in [3.63, 3.8) is 0 Å². The van der Waals surface area contributed by atoms with E-state index < -0.39 is 11.7 Å². The Morgan fingerprint density at radius 3 is 1.73 bits per heavy atom. The van der Waals surface area contributed by atoms with Crippen LogP contribution in [0.25, 0.3) is 0 Å². The molecule has 2 aliphatic carbocycles. The number of hydrogen-bond donors (Lipinski definition) is 6. The number of amides is 2. The standard InChI is InChI=1S/C16H18BrN5O2.C16H18FN5O2/c2*17-13-14(9-1-2-9)21-22-15(13)16(23)20-10-3-4-11(19-7-10)12-8-18-5-6-24-12/h2*3-4,7,9,12,18H,1-2,5-6,8H2,(H,20,23)(H,21,22)/t2*12-/m00/s1. The summed E-state index contributed by atoms with van der Waals surface area (Å²) < 4.78 is 26.2. The topological polar surface area (TPSA) is 184 Å². The van der Waals surface area contributed by atoms with Crippen molar-refractivity contribution in [2.24, 2.45) is 0 Å². The summed E-state index contributed by atoms with van der Waals surface area (Å²) in [6.45, 7) is 4.50. The number of ether oxygens (including phenoxy) is 2. The summed E-state index contributed by atoms with van der Waals surface area (Å²) in [7, 11) is 0. The third kappa shape index (κ3) is 7.63. The maximum absolute atomic E-state index is 14.2. The minimum absolute atomic E-state index is 0.0358. The normalized spacial score (nSPS) is 20.8. The van der Waals surface area contributed by atoms with Gasteiger partial charge < -0.3 is 30.7 Å². The molecule has 4 aromatic heterocycles. The number of halogens is 2. The number of morpholine rings is 2. The highest BCUT2D eigenvalue weighted by Crippen LogP contribution is 2.43. The highest BCUT2D eigenvalue weighted by molar-refractivity contribution is 9.10. The molecule has 2 amide bonds. The molecule has 8 rings (SSSR count). The number of hydrogen-bond acceptors (Lipinski definition) is 10. The summed E-state index contributed by atoms with van der Waals surface area (Å²) in [5.74, 6) is -0.722. The van der Waals surface area contributed by atoms with E-state index in [1.165, 1.54) is 0 Å². The van der Waals surface area contributed by atoms with Gasteiger partial charge in [-0.1, -0.05) is 0 Å². The summed E-state index contributed by atoms with van der Waals surface area (Å²) in [5.41, 5.74) is 4.40. The van der Waals surface area contributed by atoms with Gasteiger partial charge in [0.2, 0.25) is 0 Å². The zero-order valence-corrected chi connectivity index (χ0v) is 27.6. The third-order valence-corrected chi connectivity index (χ3v) is 9.25. The molecule has 252 valence electrons. The van der Waals surface area contributed by atoms with Gasteiger partial charge in [0.1, 0.15) is 23.6 Å². The first-order chi connectivity index (χ1) is 23.4. The Morgan fingerprint density at radius 2 is 1.25 bits per heavy atom. The van der Waals surface area contributed by atoms with Gasteiger partial charge in [-0.3, -0.25) is 29.8 Å². The quantitative estimate of drug-likeness (QED) is 0.155. The van der Waals surface area contributed by atoms with E-state index in [2.05, 4.69) is 67.6 Å². The second-order valence-electron chi connectivity index (χ2n) is 12.1. The first kappa shape index (κ1) is 32.5. The first-order valence-electron chi connectivity index (χ1n) is 16.1. The van der Waals surface area contributed by atoms with Crippen LogP contribution in [-0.4, -0.2) is 81.6 Å². The third-order valence-electron chi connectivity index (χ3n) is 8.45. The number of aromatic amines is 2. The Hall–Kier alpha value is -4.09. The van der Waals surface area contributed by atoms with Crippen molar-refractivity contribution < 1.29 is 23.5 Å². The average molecular weight is 724 g/mol. The van der Waals surface area contributed by atoms with Crippen LogP contribution in [0.3, 0.4) is 0 Å². The zero-order valence-electron chi connectivity index (χ0n) is 26.0. The molecule has 2 atom stereocenters. The van der Waals surface area contributed by atoms with Crippen molar-refractivity contribution in [2.75, 3.05) is 50.0 Å². The lowest BCUT2D eigenvalue weighted by Crippen LogP contribution is -2.33. The smallest absolute Gasteiger partial charge is 0.276 e. The average Bonchev–Trinajstić information content (AvgIpc) is 4.07. The molecular formula is C32H36BrFN10O4. The van der Waals surface area contributed by atoms with Gasteiger partial charge >= 0.3 is 0 Å². The van der Waals surface area contributed by atoms with Crippen molar-refractivity contribution in [1.82, 2.24) is 41.0 Å². The lowest BCUT2D eigenvalue weighted by molar-refractivity contribution is 0.0250. The Bertz CT molecular complexity index is 1600. The molecule has 4 aromatic rings. The number of carbonyl (C=O) groups is 2. The minimum Gasteiger partial charge on any atom is -0.369 e. The van der Waals surface area contributed by atoms with Crippen LogP contribution >= 0.6 is 15.9 Å². The van der Waals surface area contributed by atoms with Crippen LogP contribution in [-0.2, 0) is 9.47 Å². The number of aromatic nitrogens is 6. The Kier molecular flexibility index (Phi) is 9.86. The summed E-state index contributed by atoms with van der Waals surface area (Å²) in [5, 5.41) is 25.5. The Labute approximate surface area is 283 Å². The molecular weight excluding hydrogens is 687 g/mol. The van der Waals surface area contributed by atoms with Crippen LogP contribution in [0.4, 0.5) is 15.8 Å². The molecule has 2 saturated carbocycles. The van der Waals surface area contributed by atoms with Crippen LogP contribution in [0.15, 0.2) is 41.1 Å². The van der Waals surface area contributed by atoms with E-state index in [9.17, 15) is 14.0 Å². The Balaban J connectivity index is 0.000000152. The molecule has 0 spiro atoms. The number of nitrogens with one attached hydrogen (secondary N) is 6. The van der Waals surface area contributed by atoms with Crippen LogP contribution in [0, 0.1) is 5.82 Å². The molecule has 6 heterocycles. The van der Waals surface area contributed by atoms with Crippen molar-refractivity contribution in [2.45, 2.75) is 49.7 Å². The van der Waals surface area contributed by atoms with E-state index in [4.69, 9.17) is 9.47 Å². The van der Waals surface area contributed by atoms with E-state index in [1.807, 2.05) is 12.1 Å². The fourth-order valence-electron chi connectivity index (χ4n) is 5.48. The first-order valence-corrected chi connectivity index (χ1v) is 16.9. The second kappa shape index (κ2) is 14.6. The summed E-state index contributed by atoms with van der Waals surface area (Å²) >= 11 is 3.48. The van der Waals surface area contributed by atoms with Crippen LogP contribution in [0.5, 0.6) is 0 Å². The van der Waals surface area contributed by atoms with Crippen LogP contribution in [0.2, 0.25) is 0 Å². The number of anilines is 2. The van der Waals surface area contributed by atoms with Gasteiger partial charge in [-0.2, -0.15) is 10.2 Å². The molecule has 2 saturated heterocycles. The molecule has 4 fully saturated rings. The van der Waals surface area contributed by atoms with Gasteiger partial charge in [-0.05, 0) is 65.9 Å². The van der Waals surface area contributed by atoms with Gasteiger partial charge in [0.15, 0.2) is 11.5 Å². The van der Waals surface area contributed by atoms with E-state index >= 15 is 0 Å². The maximum Gasteiger partial charge on any atom is 0.276 e. The SMILES string of the molecule is O=C(Nc1ccc([C@@H]2CNCCO2)nc1)c1[nH]nc(C2CC2)c1Br.O=C(Nc1ccc([C@@H]2CNCCO2)nc1)c1[nH]nc(C2CC2)c1F. The van der Waals surface area contributed by atoms with E-state index in [0.717, 1.165) is 66.9 Å². The van der Waals surface area contributed by atoms with Crippen molar-refractivity contribution in [1.29, 1.82) is 0 Å². The molecule has 4 aliphatic rings. The van der Waals surface area contributed by atoms with Crippen molar-refractivity contribution >= 4 is 39.1 Å². The van der Waals surface area contributed by atoms with Gasteiger partial charge in [0.05, 0.1) is 58.5 Å². The molecule has 0 radical (unpaired) electrons. The Morgan fingerprint density at radius 1 is 0.750 bits per heavy atom. The van der Waals surface area contributed by atoms with Crippen molar-refractivity contribution in [3.8, 4) is 0 Å². The molecule has 2 aliphatic heterocycles. The van der Waals surface area contributed by atoms with Gasteiger partial charge in [0.25, 0.3) is 11.8 Å². The molecule has 6 N–H and O–H groups in total. The molecule has 16 heteroatoms. The monoisotopic (exact) mass is 722 g/mol. The molecule has 0 unspecified atom stereocenters. The summed E-state index contributed by atoms with van der Waals surface area (Å²) in [6, 6.07) is 7.25. The van der Waals surface area contributed by atoms with Gasteiger partial charge in [0, 0.05) is 38.0 Å². The highest BCUT2D eigenvalue weighted by atomic mass is 79.9. The number of carbonyl (C=O) groups excluding carboxylic acids is 2. The lowest BCUT2D eigenvalue weighted by Gasteiger charge is -2.23. The predicted octanol–water partition coefficient (Wildman–Crippen LogP) is 4.09. The lowest BCUT2D eigenvalue weighted by atomic mass is 10.2. The molecule has 14 nitrogen and oxygen atoms in total. The number of nitrogens with zero attached hydrogens (tertiary/aromatic N) is 4. The number of H-pyrrole nitrogens is 2. The van der Waals surface area contributed by atoms with Gasteiger partial charge in [-0.15, -0.1) is 0 Å². The molecule has 0 aromatic carbocycles. The zero-order chi connectivity index (χ0) is 33.0. The molecule has 0 bridgehead atoms. The summed E-state index contributed by atoms with van der Waals surface area (Å²) in [6.07, 6.45) is 7.18. The number of rotatable bonds is 8. The predicted molar refractivity (Wildman–Crippen MR) is 176 cm³/mol. The van der Waals surface area contributed by atoms with Crippen LogP contribution in [0.1, 0.15) is 93.5 Å². The fourth-order valence-corrected chi connectivity index (χ4v) is 6.16. The van der Waals surface area contributed by atoms with Crippen molar-refractivity contribution in [3.05, 3.63) is 81.1 Å². The fraction of sp³-hybridized carbons (Fsp3) is 0.438. The van der Waals surface area contributed by atoms with Crippen LogP contribution < -0.4 is 21.3 Å². The number of pyridine rings is 2. The molecule has 48 heavy (non-hydrogen) atoms. The summed E-state index contributed by atoms with van der Waals surface area (Å²) in [4.78, 5) is 33.3. The van der Waals surface area contributed by atoms with E-state index in [-0.39, 0.29) is 29.7 Å². The van der Waals surface area contributed by atoms with E-state index in [1.54, 1.807) is 24.5 Å². The second-order valence-corrected chi connectivity index (χ2v) is 12.9. The highest BCUT2D eigenvalue weighted by Gasteiger charge is 2.33. The van der Waals surface area contributed by atoms with E-state index in [0.29, 0.717) is 48.4 Å². The minimum atomic E-state index is -0.558. The van der Waals surface area contributed by atoms with Gasteiger partial charge in [-0.25, -0.2) is 4.39 Å². The largest absolute Gasteiger partial charge is 0.369 e.